The third-order valence-corrected chi connectivity index (χ3v) is 3.15. The van der Waals surface area contributed by atoms with E-state index in [-0.39, 0.29) is 16.5 Å². The van der Waals surface area contributed by atoms with Crippen LogP contribution in [0, 0.1) is 11.6 Å². The number of rotatable bonds is 4. The molecule has 2 aromatic rings. The summed E-state index contributed by atoms with van der Waals surface area (Å²) in [5.74, 6) is 4.10. The monoisotopic (exact) mass is 317 g/mol. The first-order chi connectivity index (χ1) is 8.63. The summed E-state index contributed by atoms with van der Waals surface area (Å²) in [5, 5.41) is 9.88. The van der Waals surface area contributed by atoms with E-state index in [0.29, 0.717) is 5.69 Å². The molecule has 0 bridgehead atoms. The van der Waals surface area contributed by atoms with Crippen LogP contribution in [0.5, 0.6) is 0 Å². The van der Waals surface area contributed by atoms with Crippen molar-refractivity contribution in [3.63, 3.8) is 0 Å². The van der Waals surface area contributed by atoms with Crippen LogP contribution in [-0.2, 0) is 6.42 Å². The molecule has 4 N–H and O–H groups in total. The molecular weight excluding hydrogens is 308 g/mol. The highest BCUT2D eigenvalue weighted by atomic mass is 79.9. The van der Waals surface area contributed by atoms with Crippen molar-refractivity contribution in [2.75, 3.05) is 0 Å². The van der Waals surface area contributed by atoms with Crippen LogP contribution in [0.4, 0.5) is 8.78 Å². The van der Waals surface area contributed by atoms with Gasteiger partial charge in [0.25, 0.3) is 0 Å². The normalized spacial score (nSPS) is 12.7. The number of hydrogen-bond donors (Lipinski definition) is 3. The molecule has 0 spiro atoms. The molecule has 0 saturated carbocycles. The van der Waals surface area contributed by atoms with Crippen molar-refractivity contribution in [2.45, 2.75) is 12.5 Å². The number of nitrogens with two attached hydrogens (primary N) is 1. The maximum absolute atomic E-state index is 13.8. The Hall–Kier alpha value is -1.38. The average Bonchev–Trinajstić information content (AvgIpc) is 2.88. The van der Waals surface area contributed by atoms with Crippen LogP contribution in [0.25, 0.3) is 0 Å². The predicted octanol–water partition coefficient (Wildman–Crippen LogP) is 1.59. The molecule has 5 nitrogen and oxygen atoms in total. The highest BCUT2D eigenvalue weighted by Gasteiger charge is 2.19. The van der Waals surface area contributed by atoms with Crippen molar-refractivity contribution in [1.29, 1.82) is 0 Å². The zero-order valence-electron chi connectivity index (χ0n) is 9.12. The molecule has 1 heterocycles. The Morgan fingerprint density at radius 3 is 2.83 bits per heavy atom. The summed E-state index contributed by atoms with van der Waals surface area (Å²) in [5.41, 5.74) is 2.88. The van der Waals surface area contributed by atoms with Gasteiger partial charge >= 0.3 is 0 Å². The van der Waals surface area contributed by atoms with Crippen LogP contribution in [0.1, 0.15) is 17.3 Å². The Bertz CT molecular complexity index is 531. The fraction of sp³-hybridized carbons (Fsp3) is 0.200. The molecule has 1 aromatic carbocycles. The Kier molecular flexibility index (Phi) is 4.00. The van der Waals surface area contributed by atoms with E-state index >= 15 is 0 Å². The number of hydrogen-bond acceptors (Lipinski definition) is 4. The minimum Gasteiger partial charge on any atom is -0.271 e. The number of nitrogens with zero attached hydrogens (tertiary/aromatic N) is 2. The molecule has 0 amide bonds. The molecular formula is C10H10BrF2N5. The van der Waals surface area contributed by atoms with Gasteiger partial charge in [0.05, 0.1) is 16.7 Å². The lowest BCUT2D eigenvalue weighted by atomic mass is 10.0. The van der Waals surface area contributed by atoms with Crippen LogP contribution in [-0.4, -0.2) is 15.4 Å². The highest BCUT2D eigenvalue weighted by Crippen LogP contribution is 2.25. The van der Waals surface area contributed by atoms with Crippen molar-refractivity contribution < 1.29 is 8.78 Å². The molecule has 0 aliphatic rings. The molecule has 1 unspecified atom stereocenters. The van der Waals surface area contributed by atoms with Gasteiger partial charge in [-0.15, -0.1) is 0 Å². The van der Waals surface area contributed by atoms with Crippen LogP contribution in [0.3, 0.4) is 0 Å². The van der Waals surface area contributed by atoms with Crippen LogP contribution in [0.15, 0.2) is 22.8 Å². The van der Waals surface area contributed by atoms with Gasteiger partial charge in [0.1, 0.15) is 17.3 Å². The van der Waals surface area contributed by atoms with Crippen molar-refractivity contribution in [3.05, 3.63) is 45.7 Å². The SMILES string of the molecule is NNC(Cc1c(F)ccc(Br)c1F)c1cn[nH]n1. The minimum atomic E-state index is -0.640. The van der Waals surface area contributed by atoms with Crippen molar-refractivity contribution >= 4 is 15.9 Å². The summed E-state index contributed by atoms with van der Waals surface area (Å²) in [7, 11) is 0. The summed E-state index contributed by atoms with van der Waals surface area (Å²) in [6, 6.07) is 1.98. The second kappa shape index (κ2) is 5.51. The number of hydrazine groups is 1. The van der Waals surface area contributed by atoms with Crippen molar-refractivity contribution in [2.24, 2.45) is 5.84 Å². The molecule has 0 radical (unpaired) electrons. The molecule has 2 rings (SSSR count). The lowest BCUT2D eigenvalue weighted by molar-refractivity contribution is 0.490. The quantitative estimate of drug-likeness (QED) is 0.454. The van der Waals surface area contributed by atoms with Gasteiger partial charge in [-0.2, -0.15) is 15.4 Å². The zero-order chi connectivity index (χ0) is 13.1. The third-order valence-electron chi connectivity index (χ3n) is 2.54. The topological polar surface area (TPSA) is 79.6 Å². The first kappa shape index (κ1) is 13.1. The fourth-order valence-corrected chi connectivity index (χ4v) is 1.96. The fourth-order valence-electron chi connectivity index (χ4n) is 1.59. The number of H-pyrrole nitrogens is 1. The van der Waals surface area contributed by atoms with Crippen molar-refractivity contribution in [3.8, 4) is 0 Å². The molecule has 8 heteroatoms. The highest BCUT2D eigenvalue weighted by molar-refractivity contribution is 9.10. The van der Waals surface area contributed by atoms with Gasteiger partial charge in [0.15, 0.2) is 0 Å². The summed E-state index contributed by atoms with van der Waals surface area (Å²) in [6.45, 7) is 0. The van der Waals surface area contributed by atoms with Crippen molar-refractivity contribution in [1.82, 2.24) is 20.8 Å². The van der Waals surface area contributed by atoms with Gasteiger partial charge in [-0.1, -0.05) is 0 Å². The molecule has 0 aliphatic carbocycles. The third kappa shape index (κ3) is 2.55. The van der Waals surface area contributed by atoms with E-state index in [4.69, 9.17) is 5.84 Å². The molecule has 0 aliphatic heterocycles. The number of aromatic nitrogens is 3. The summed E-state index contributed by atoms with van der Waals surface area (Å²) in [6.07, 6.45) is 1.47. The Labute approximate surface area is 110 Å². The molecule has 96 valence electrons. The van der Waals surface area contributed by atoms with Gasteiger partial charge in [-0.05, 0) is 28.1 Å². The average molecular weight is 318 g/mol. The van der Waals surface area contributed by atoms with E-state index in [1.165, 1.54) is 18.3 Å². The molecule has 1 aromatic heterocycles. The standard InChI is InChI=1S/C10H10BrF2N5/c11-6-1-2-7(12)5(10(6)13)3-8(16-14)9-4-15-18-17-9/h1-2,4,8,16H,3,14H2,(H,15,17,18). The molecule has 0 saturated heterocycles. The van der Waals surface area contributed by atoms with Gasteiger partial charge < -0.3 is 0 Å². The van der Waals surface area contributed by atoms with Crippen LogP contribution >= 0.6 is 15.9 Å². The number of nitrogens with one attached hydrogen (secondary N) is 2. The van der Waals surface area contributed by atoms with E-state index in [2.05, 4.69) is 36.8 Å². The maximum atomic E-state index is 13.8. The Balaban J connectivity index is 2.30. The largest absolute Gasteiger partial charge is 0.271 e. The predicted molar refractivity (Wildman–Crippen MR) is 64.2 cm³/mol. The lowest BCUT2D eigenvalue weighted by Gasteiger charge is -2.14. The smallest absolute Gasteiger partial charge is 0.143 e. The second-order valence-corrected chi connectivity index (χ2v) is 4.49. The van der Waals surface area contributed by atoms with Crippen LogP contribution in [0.2, 0.25) is 0 Å². The Morgan fingerprint density at radius 1 is 1.44 bits per heavy atom. The number of aromatic amines is 1. The van der Waals surface area contributed by atoms with Gasteiger partial charge in [-0.25, -0.2) is 8.78 Å². The lowest BCUT2D eigenvalue weighted by Crippen LogP contribution is -2.30. The Morgan fingerprint density at radius 2 is 2.22 bits per heavy atom. The zero-order valence-corrected chi connectivity index (χ0v) is 10.7. The number of halogens is 3. The van der Waals surface area contributed by atoms with Gasteiger partial charge in [0.2, 0.25) is 0 Å². The van der Waals surface area contributed by atoms with Gasteiger partial charge in [0, 0.05) is 12.0 Å². The molecule has 0 fully saturated rings. The van der Waals surface area contributed by atoms with Crippen LogP contribution < -0.4 is 11.3 Å². The number of benzene rings is 1. The summed E-state index contributed by atoms with van der Waals surface area (Å²) >= 11 is 3.01. The van der Waals surface area contributed by atoms with E-state index < -0.39 is 17.7 Å². The van der Waals surface area contributed by atoms with E-state index in [1.807, 2.05) is 0 Å². The van der Waals surface area contributed by atoms with Gasteiger partial charge in [-0.3, -0.25) is 11.3 Å². The van der Waals surface area contributed by atoms with E-state index in [9.17, 15) is 8.78 Å². The molecule has 1 atom stereocenters. The summed E-state index contributed by atoms with van der Waals surface area (Å²) in [4.78, 5) is 0. The first-order valence-electron chi connectivity index (χ1n) is 5.07. The maximum Gasteiger partial charge on any atom is 0.143 e. The van der Waals surface area contributed by atoms with E-state index in [0.717, 1.165) is 0 Å². The second-order valence-electron chi connectivity index (χ2n) is 3.64. The van der Waals surface area contributed by atoms with E-state index in [1.54, 1.807) is 0 Å². The molecule has 18 heavy (non-hydrogen) atoms. The summed E-state index contributed by atoms with van der Waals surface area (Å²) < 4.78 is 27.6. The first-order valence-corrected chi connectivity index (χ1v) is 5.87. The minimum absolute atomic E-state index is 0.0279.